The Morgan fingerprint density at radius 3 is 2.35 bits per heavy atom. The predicted molar refractivity (Wildman–Crippen MR) is 221 cm³/mol. The van der Waals surface area contributed by atoms with Gasteiger partial charge >= 0.3 is 0 Å². The normalized spacial score (nSPS) is 22.9. The Hall–Kier alpha value is -5.90. The first kappa shape index (κ1) is 38.3. The number of imide groups is 1. The molecule has 3 amide bonds. The van der Waals surface area contributed by atoms with Crippen molar-refractivity contribution >= 4 is 46.1 Å². The molecular formula is C44H48F2N10O4. The van der Waals surface area contributed by atoms with E-state index in [0.717, 1.165) is 80.7 Å². The number of pyridine rings is 1. The third-order valence-corrected chi connectivity index (χ3v) is 13.2. The maximum atomic E-state index is 15.3. The molecule has 0 unspecified atom stereocenters. The van der Waals surface area contributed by atoms with E-state index >= 15 is 8.78 Å². The molecule has 3 aromatic heterocycles. The van der Waals surface area contributed by atoms with Crippen molar-refractivity contribution in [3.8, 4) is 17.1 Å². The highest BCUT2D eigenvalue weighted by molar-refractivity contribution is 6.05. The van der Waals surface area contributed by atoms with Crippen molar-refractivity contribution in [2.45, 2.75) is 64.0 Å². The topological polar surface area (TPSA) is 143 Å². The van der Waals surface area contributed by atoms with Crippen molar-refractivity contribution in [2.24, 2.45) is 18.9 Å². The highest BCUT2D eigenvalue weighted by Gasteiger charge is 2.38. The fourth-order valence-corrected chi connectivity index (χ4v) is 9.79. The molecule has 14 nitrogen and oxygen atoms in total. The number of anilines is 3. The number of benzene rings is 2. The highest BCUT2D eigenvalue weighted by atomic mass is 19.1. The lowest BCUT2D eigenvalue weighted by Gasteiger charge is -2.44. The van der Waals surface area contributed by atoms with E-state index in [1.165, 1.54) is 12.1 Å². The molecule has 16 heteroatoms. The Kier molecular flexibility index (Phi) is 9.76. The second kappa shape index (κ2) is 15.3. The maximum absolute atomic E-state index is 15.3. The number of hydrogen-bond acceptors (Lipinski definition) is 10. The molecule has 3 atom stereocenters. The van der Waals surface area contributed by atoms with Crippen molar-refractivity contribution in [1.82, 2.24) is 34.5 Å². The van der Waals surface area contributed by atoms with Crippen LogP contribution in [0.4, 0.5) is 26.1 Å². The Morgan fingerprint density at radius 1 is 0.817 bits per heavy atom. The molecule has 3 saturated heterocycles. The molecule has 10 rings (SSSR count). The minimum atomic E-state index is -1.01. The average Bonchev–Trinajstić information content (AvgIpc) is 3.75. The van der Waals surface area contributed by atoms with Gasteiger partial charge in [-0.3, -0.25) is 34.9 Å². The molecule has 60 heavy (non-hydrogen) atoms. The number of piperazine rings is 1. The Morgan fingerprint density at radius 2 is 1.58 bits per heavy atom. The van der Waals surface area contributed by atoms with Gasteiger partial charge in [0.1, 0.15) is 11.6 Å². The van der Waals surface area contributed by atoms with Gasteiger partial charge in [-0.2, -0.15) is 5.10 Å². The van der Waals surface area contributed by atoms with E-state index in [-0.39, 0.29) is 24.3 Å². The summed E-state index contributed by atoms with van der Waals surface area (Å²) in [5.41, 5.74) is 5.74. The molecule has 4 fully saturated rings. The first-order valence-corrected chi connectivity index (χ1v) is 21.1. The van der Waals surface area contributed by atoms with E-state index < -0.39 is 29.4 Å². The van der Waals surface area contributed by atoms with E-state index in [1.54, 1.807) is 23.0 Å². The lowest BCUT2D eigenvalue weighted by atomic mass is 9.89. The second-order valence-electron chi connectivity index (χ2n) is 17.0. The number of rotatable bonds is 4. The van der Waals surface area contributed by atoms with Crippen molar-refractivity contribution < 1.29 is 27.9 Å². The smallest absolute Gasteiger partial charge is 0.258 e. The number of aromatic nitrogens is 5. The molecule has 2 aromatic carbocycles. The molecule has 4 aliphatic heterocycles. The van der Waals surface area contributed by atoms with Gasteiger partial charge in [0.15, 0.2) is 0 Å². The van der Waals surface area contributed by atoms with Crippen LogP contribution in [0, 0.1) is 30.4 Å². The standard InChI is InChI=1S/C44H48F2N10O4/c1-25-17-27-19-37(48-25)33-23-47-52(2)43(33)60-16-9-26-18-28(26)24-56-38-22-30(3-5-36(38)49-44(56)51-41(27)58)55-14-12-54(13-15-55)29-7-10-53(11-8-29)31-20-34(45)40(35(46)21-31)32-4-6-39(57)50-42(32)59/h3,5,17,19-23,26,28-29,32H,4,6-16,18,24H2,1-2H3,(H,49,51,58)(H,50,57,59)/t26-,28+,32-/m0/s1. The molecular weight excluding hydrogens is 771 g/mol. The zero-order valence-corrected chi connectivity index (χ0v) is 33.8. The number of nitrogens with zero attached hydrogens (tertiary/aromatic N) is 8. The second-order valence-corrected chi connectivity index (χ2v) is 17.0. The number of carbonyl (C=O) groups excluding carboxylic acids is 3. The number of amides is 3. The molecule has 312 valence electrons. The zero-order valence-electron chi connectivity index (χ0n) is 33.8. The summed E-state index contributed by atoms with van der Waals surface area (Å²) in [6.07, 6.45) is 5.63. The molecule has 7 heterocycles. The fraction of sp³-hybridized carbons (Fsp3) is 0.455. The van der Waals surface area contributed by atoms with Crippen LogP contribution in [0.3, 0.4) is 0 Å². The Bertz CT molecular complexity index is 2500. The van der Waals surface area contributed by atoms with Crippen LogP contribution in [0.15, 0.2) is 48.7 Å². The van der Waals surface area contributed by atoms with Crippen LogP contribution in [-0.4, -0.2) is 98.9 Å². The number of imidazole rings is 1. The summed E-state index contributed by atoms with van der Waals surface area (Å²) in [6, 6.07) is 13.0. The number of ether oxygens (including phenoxy) is 1. The van der Waals surface area contributed by atoms with Gasteiger partial charge in [0.2, 0.25) is 23.6 Å². The molecule has 5 aromatic rings. The van der Waals surface area contributed by atoms with Gasteiger partial charge in [-0.1, -0.05) is 0 Å². The van der Waals surface area contributed by atoms with Crippen molar-refractivity contribution in [1.29, 1.82) is 0 Å². The van der Waals surface area contributed by atoms with Gasteiger partial charge in [-0.15, -0.1) is 0 Å². The third-order valence-electron chi connectivity index (χ3n) is 13.2. The summed E-state index contributed by atoms with van der Waals surface area (Å²) < 4.78 is 40.8. The zero-order chi connectivity index (χ0) is 41.2. The largest absolute Gasteiger partial charge is 0.477 e. The van der Waals surface area contributed by atoms with Gasteiger partial charge in [-0.25, -0.2) is 18.4 Å². The minimum absolute atomic E-state index is 0.0584. The lowest BCUT2D eigenvalue weighted by molar-refractivity contribution is -0.134. The van der Waals surface area contributed by atoms with Crippen molar-refractivity contribution in [2.75, 3.05) is 61.0 Å². The van der Waals surface area contributed by atoms with E-state index in [9.17, 15) is 14.4 Å². The summed E-state index contributed by atoms with van der Waals surface area (Å²) in [7, 11) is 1.85. The summed E-state index contributed by atoms with van der Waals surface area (Å²) >= 11 is 0. The number of aryl methyl sites for hydroxylation is 2. The summed E-state index contributed by atoms with van der Waals surface area (Å²) in [4.78, 5) is 54.4. The molecule has 0 spiro atoms. The Balaban J connectivity index is 0.815. The third kappa shape index (κ3) is 7.24. The van der Waals surface area contributed by atoms with E-state index in [2.05, 4.69) is 48.3 Å². The van der Waals surface area contributed by atoms with Crippen LogP contribution in [0.5, 0.6) is 5.88 Å². The number of piperidine rings is 2. The van der Waals surface area contributed by atoms with E-state index in [4.69, 9.17) is 14.7 Å². The summed E-state index contributed by atoms with van der Waals surface area (Å²) in [5, 5.41) is 9.77. The van der Waals surface area contributed by atoms with Crippen LogP contribution in [0.1, 0.15) is 66.1 Å². The molecule has 1 saturated carbocycles. The number of fused-ring (bicyclic) bond motifs is 8. The first-order chi connectivity index (χ1) is 29.1. The number of nitrogens with one attached hydrogen (secondary N) is 2. The molecule has 1 aliphatic carbocycles. The van der Waals surface area contributed by atoms with Gasteiger partial charge in [0, 0.05) is 93.5 Å². The van der Waals surface area contributed by atoms with Crippen LogP contribution in [0.25, 0.3) is 22.3 Å². The molecule has 2 bridgehead atoms. The van der Waals surface area contributed by atoms with Crippen LogP contribution in [0.2, 0.25) is 0 Å². The van der Waals surface area contributed by atoms with Gasteiger partial charge in [0.05, 0.1) is 41.0 Å². The molecule has 2 N–H and O–H groups in total. The van der Waals surface area contributed by atoms with Crippen LogP contribution in [-0.2, 0) is 23.2 Å². The van der Waals surface area contributed by atoms with Crippen LogP contribution < -0.4 is 25.2 Å². The van der Waals surface area contributed by atoms with Gasteiger partial charge in [-0.05, 0) is 93.3 Å². The van der Waals surface area contributed by atoms with E-state index in [0.29, 0.717) is 72.0 Å². The van der Waals surface area contributed by atoms with Gasteiger partial charge < -0.3 is 19.1 Å². The fourth-order valence-electron chi connectivity index (χ4n) is 9.79. The lowest BCUT2D eigenvalue weighted by Crippen LogP contribution is -2.53. The molecule has 0 radical (unpaired) electrons. The minimum Gasteiger partial charge on any atom is -0.477 e. The molecule has 5 aliphatic rings. The van der Waals surface area contributed by atoms with Gasteiger partial charge in [0.25, 0.3) is 5.91 Å². The predicted octanol–water partition coefficient (Wildman–Crippen LogP) is 5.40. The van der Waals surface area contributed by atoms with Crippen molar-refractivity contribution in [3.63, 3.8) is 0 Å². The van der Waals surface area contributed by atoms with E-state index in [1.807, 2.05) is 18.9 Å². The summed E-state index contributed by atoms with van der Waals surface area (Å²) in [6.45, 7) is 8.03. The number of halogens is 2. The SMILES string of the molecule is Cc1cc2cc(n1)-c1cnn(C)c1OCC[C@H]1C[C@@H]1Cn1c(nc3ccc(N4CCN(C5CCN(c6cc(F)c([C@@H]7CCC(=O)NC7=O)c(F)c6)CC5)CC4)cc31)NC2=O. The quantitative estimate of drug-likeness (QED) is 0.227. The monoisotopic (exact) mass is 818 g/mol. The number of hydrogen-bond donors (Lipinski definition) is 2. The van der Waals surface area contributed by atoms with Crippen LogP contribution >= 0.6 is 0 Å². The average molecular weight is 819 g/mol. The van der Waals surface area contributed by atoms with Crippen molar-refractivity contribution in [3.05, 3.63) is 77.1 Å². The Labute approximate surface area is 345 Å². The highest BCUT2D eigenvalue weighted by Crippen LogP contribution is 2.44. The number of carbonyl (C=O) groups is 3. The first-order valence-electron chi connectivity index (χ1n) is 21.1. The maximum Gasteiger partial charge on any atom is 0.258 e. The summed E-state index contributed by atoms with van der Waals surface area (Å²) in [5.74, 6) is -1.71.